The van der Waals surface area contributed by atoms with Gasteiger partial charge in [-0.1, -0.05) is 32.0 Å². The van der Waals surface area contributed by atoms with Crippen molar-refractivity contribution in [3.63, 3.8) is 0 Å². The molecule has 0 saturated heterocycles. The second-order valence-corrected chi connectivity index (χ2v) is 8.15. The van der Waals surface area contributed by atoms with E-state index in [4.69, 9.17) is 10.8 Å². The van der Waals surface area contributed by atoms with Crippen molar-refractivity contribution in [3.8, 4) is 0 Å². The van der Waals surface area contributed by atoms with Crippen LogP contribution in [0.1, 0.15) is 32.8 Å². The van der Waals surface area contributed by atoms with E-state index < -0.39 is 41.8 Å². The smallest absolute Gasteiger partial charge is 0.325 e. The molecule has 0 fully saturated rings. The van der Waals surface area contributed by atoms with Gasteiger partial charge in [0.1, 0.15) is 18.1 Å². The molecule has 1 heterocycles. The topological polar surface area (TPSA) is 166 Å². The van der Waals surface area contributed by atoms with Gasteiger partial charge in [-0.2, -0.15) is 0 Å². The summed E-state index contributed by atoms with van der Waals surface area (Å²) in [5.41, 5.74) is 7.13. The molecule has 0 saturated carbocycles. The maximum absolute atomic E-state index is 13.1. The van der Waals surface area contributed by atoms with Crippen molar-refractivity contribution >= 4 is 34.6 Å². The van der Waals surface area contributed by atoms with Gasteiger partial charge in [0.2, 0.25) is 17.7 Å². The molecule has 3 atom stereocenters. The number of hydrogen-bond acceptors (Lipinski definition) is 5. The third-order valence-electron chi connectivity index (χ3n) is 5.01. The van der Waals surface area contributed by atoms with Crippen LogP contribution >= 0.6 is 0 Å². The Balaban J connectivity index is 2.22. The Bertz CT molecular complexity index is 971. The summed E-state index contributed by atoms with van der Waals surface area (Å²) in [4.78, 5) is 51.9. The number of carboxylic acid groups (broad SMARTS) is 1. The summed E-state index contributed by atoms with van der Waals surface area (Å²) in [7, 11) is 0. The molecule has 2 rings (SSSR count). The normalized spacial score (nSPS) is 13.9. The molecule has 0 aliphatic rings. The Labute approximate surface area is 186 Å². The lowest BCUT2D eigenvalue weighted by atomic mass is 10.0. The van der Waals surface area contributed by atoms with Gasteiger partial charge in [-0.15, -0.1) is 0 Å². The number of carbonyl (C=O) groups is 4. The highest BCUT2D eigenvalue weighted by molar-refractivity contribution is 5.94. The first kappa shape index (κ1) is 24.9. The van der Waals surface area contributed by atoms with E-state index in [1.807, 2.05) is 38.1 Å². The van der Waals surface area contributed by atoms with Crippen molar-refractivity contribution in [2.24, 2.45) is 11.7 Å². The van der Waals surface area contributed by atoms with E-state index in [2.05, 4.69) is 20.9 Å². The van der Waals surface area contributed by atoms with Crippen molar-refractivity contribution in [3.05, 3.63) is 36.0 Å². The van der Waals surface area contributed by atoms with Crippen LogP contribution in [0.5, 0.6) is 0 Å². The van der Waals surface area contributed by atoms with Crippen LogP contribution in [-0.4, -0.2) is 58.5 Å². The number of benzene rings is 1. The summed E-state index contributed by atoms with van der Waals surface area (Å²) >= 11 is 0. The Morgan fingerprint density at radius 2 is 1.66 bits per heavy atom. The highest BCUT2D eigenvalue weighted by atomic mass is 16.4. The summed E-state index contributed by atoms with van der Waals surface area (Å²) in [6.45, 7) is 4.82. The third kappa shape index (κ3) is 6.81. The highest BCUT2D eigenvalue weighted by Crippen LogP contribution is 2.19. The van der Waals surface area contributed by atoms with E-state index in [1.54, 1.807) is 6.20 Å². The second kappa shape index (κ2) is 11.3. The first-order valence-corrected chi connectivity index (χ1v) is 10.5. The third-order valence-corrected chi connectivity index (χ3v) is 5.01. The van der Waals surface area contributed by atoms with Crippen LogP contribution in [-0.2, 0) is 25.6 Å². The quantitative estimate of drug-likeness (QED) is 0.290. The minimum atomic E-state index is -1.18. The number of amides is 3. The van der Waals surface area contributed by atoms with Gasteiger partial charge in [-0.25, -0.2) is 0 Å². The predicted octanol–water partition coefficient (Wildman–Crippen LogP) is 0.274. The molecule has 174 valence electrons. The zero-order chi connectivity index (χ0) is 23.8. The number of carboxylic acids is 1. The number of nitrogens with two attached hydrogens (primary N) is 1. The van der Waals surface area contributed by atoms with Crippen molar-refractivity contribution in [1.29, 1.82) is 0 Å². The number of H-pyrrole nitrogens is 1. The molecular weight excluding hydrogens is 414 g/mol. The van der Waals surface area contributed by atoms with E-state index in [1.165, 1.54) is 6.92 Å². The molecule has 32 heavy (non-hydrogen) atoms. The summed E-state index contributed by atoms with van der Waals surface area (Å²) in [5, 5.41) is 17.6. The van der Waals surface area contributed by atoms with E-state index >= 15 is 0 Å². The van der Waals surface area contributed by atoms with Gasteiger partial charge in [-0.05, 0) is 30.9 Å². The molecule has 0 aliphatic carbocycles. The first-order valence-electron chi connectivity index (χ1n) is 10.5. The van der Waals surface area contributed by atoms with Crippen molar-refractivity contribution in [2.45, 2.75) is 51.7 Å². The Morgan fingerprint density at radius 3 is 2.28 bits per heavy atom. The van der Waals surface area contributed by atoms with E-state index in [0.29, 0.717) is 6.42 Å². The SMILES string of the molecule is CC(C)CC(NC(=O)C(Cc1c[nH]c2ccccc12)NC(=O)CN)C(=O)NC(C)C(=O)O. The lowest BCUT2D eigenvalue weighted by molar-refractivity contribution is -0.141. The van der Waals surface area contributed by atoms with Crippen molar-refractivity contribution in [2.75, 3.05) is 6.54 Å². The number of rotatable bonds is 11. The number of aromatic nitrogens is 1. The van der Waals surface area contributed by atoms with Crippen LogP contribution in [0.3, 0.4) is 0 Å². The summed E-state index contributed by atoms with van der Waals surface area (Å²) in [6.07, 6.45) is 2.25. The monoisotopic (exact) mass is 445 g/mol. The number of fused-ring (bicyclic) bond motifs is 1. The van der Waals surface area contributed by atoms with Gasteiger partial charge >= 0.3 is 5.97 Å². The molecular formula is C22H31N5O5. The largest absolute Gasteiger partial charge is 0.480 e. The zero-order valence-corrected chi connectivity index (χ0v) is 18.5. The Hall–Kier alpha value is -3.40. The van der Waals surface area contributed by atoms with Crippen molar-refractivity contribution < 1.29 is 24.3 Å². The molecule has 10 nitrogen and oxygen atoms in total. The average Bonchev–Trinajstić information content (AvgIpc) is 3.15. The molecule has 2 aromatic rings. The lowest BCUT2D eigenvalue weighted by Crippen LogP contribution is -2.56. The van der Waals surface area contributed by atoms with E-state index in [0.717, 1.165) is 16.5 Å². The molecule has 10 heteroatoms. The minimum absolute atomic E-state index is 0.0527. The number of hydrogen-bond donors (Lipinski definition) is 6. The van der Waals surface area contributed by atoms with E-state index in [9.17, 15) is 19.2 Å². The number of para-hydroxylation sites is 1. The fourth-order valence-electron chi connectivity index (χ4n) is 3.33. The van der Waals surface area contributed by atoms with Crippen LogP contribution in [0, 0.1) is 5.92 Å². The molecule has 0 radical (unpaired) electrons. The summed E-state index contributed by atoms with van der Waals surface area (Å²) < 4.78 is 0. The maximum atomic E-state index is 13.1. The van der Waals surface area contributed by atoms with Crippen LogP contribution < -0.4 is 21.7 Å². The molecule has 0 bridgehead atoms. The van der Waals surface area contributed by atoms with Gasteiger partial charge in [0.25, 0.3) is 0 Å². The molecule has 1 aromatic carbocycles. The highest BCUT2D eigenvalue weighted by Gasteiger charge is 2.29. The van der Waals surface area contributed by atoms with Crippen LogP contribution in [0.2, 0.25) is 0 Å². The number of aromatic amines is 1. The summed E-state index contributed by atoms with van der Waals surface area (Å²) in [5.74, 6) is -2.79. The standard InChI is InChI=1S/C22H31N5O5/c1-12(2)8-17(20(29)25-13(3)22(31)32)27-21(30)18(26-19(28)10-23)9-14-11-24-16-7-5-4-6-15(14)16/h4-7,11-13,17-18,24H,8-10,23H2,1-3H3,(H,25,29)(H,26,28)(H,27,30)(H,31,32). The fraction of sp³-hybridized carbons (Fsp3) is 0.455. The van der Waals surface area contributed by atoms with Crippen LogP contribution in [0.4, 0.5) is 0 Å². The second-order valence-electron chi connectivity index (χ2n) is 8.15. The lowest BCUT2D eigenvalue weighted by Gasteiger charge is -2.25. The zero-order valence-electron chi connectivity index (χ0n) is 18.5. The maximum Gasteiger partial charge on any atom is 0.325 e. The van der Waals surface area contributed by atoms with Gasteiger partial charge in [0, 0.05) is 23.5 Å². The number of carbonyl (C=O) groups excluding carboxylic acids is 3. The molecule has 0 aliphatic heterocycles. The van der Waals surface area contributed by atoms with Crippen LogP contribution in [0.25, 0.3) is 10.9 Å². The molecule has 0 spiro atoms. The average molecular weight is 446 g/mol. The van der Waals surface area contributed by atoms with E-state index in [-0.39, 0.29) is 18.9 Å². The first-order chi connectivity index (χ1) is 15.1. The van der Waals surface area contributed by atoms with Gasteiger partial charge in [0.05, 0.1) is 6.54 Å². The number of aliphatic carboxylic acids is 1. The van der Waals surface area contributed by atoms with Crippen LogP contribution in [0.15, 0.2) is 30.5 Å². The molecule has 3 unspecified atom stereocenters. The van der Waals surface area contributed by atoms with Gasteiger partial charge in [0.15, 0.2) is 0 Å². The van der Waals surface area contributed by atoms with Gasteiger partial charge in [-0.3, -0.25) is 19.2 Å². The number of nitrogens with one attached hydrogen (secondary N) is 4. The summed E-state index contributed by atoms with van der Waals surface area (Å²) in [6, 6.07) is 4.54. The minimum Gasteiger partial charge on any atom is -0.480 e. The molecule has 7 N–H and O–H groups in total. The predicted molar refractivity (Wildman–Crippen MR) is 120 cm³/mol. The fourth-order valence-corrected chi connectivity index (χ4v) is 3.33. The Morgan fingerprint density at radius 1 is 1.00 bits per heavy atom. The molecule has 1 aromatic heterocycles. The Kier molecular flexibility index (Phi) is 8.77. The van der Waals surface area contributed by atoms with Crippen molar-refractivity contribution in [1.82, 2.24) is 20.9 Å². The van der Waals surface area contributed by atoms with Gasteiger partial charge < -0.3 is 31.8 Å². The molecule has 3 amide bonds.